The second kappa shape index (κ2) is 6.07. The fraction of sp³-hybridized carbons (Fsp3) is 0. The summed E-state index contributed by atoms with van der Waals surface area (Å²) < 4.78 is 0. The zero-order valence-corrected chi connectivity index (χ0v) is 11.5. The van der Waals surface area contributed by atoms with E-state index in [4.69, 9.17) is 5.84 Å². The number of anilines is 3. The molecule has 0 fully saturated rings. The molecule has 0 radical (unpaired) electrons. The fourth-order valence-corrected chi connectivity index (χ4v) is 2.20. The molecule has 0 aliphatic rings. The Hall–Kier alpha value is -2.85. The Morgan fingerprint density at radius 3 is 2.43 bits per heavy atom. The lowest BCUT2D eigenvalue weighted by atomic mass is 10.0. The highest BCUT2D eigenvalue weighted by Crippen LogP contribution is 2.30. The molecule has 0 saturated heterocycles. The summed E-state index contributed by atoms with van der Waals surface area (Å²) in [6.45, 7) is 0. The molecule has 0 atom stereocenters. The predicted molar refractivity (Wildman–Crippen MR) is 87.2 cm³/mol. The van der Waals surface area contributed by atoms with Crippen LogP contribution in [0.25, 0.3) is 11.1 Å². The summed E-state index contributed by atoms with van der Waals surface area (Å²) >= 11 is 0. The molecule has 0 spiro atoms. The third-order valence-electron chi connectivity index (χ3n) is 3.20. The van der Waals surface area contributed by atoms with E-state index in [0.717, 1.165) is 16.9 Å². The van der Waals surface area contributed by atoms with Gasteiger partial charge in [0.2, 0.25) is 0 Å². The van der Waals surface area contributed by atoms with Gasteiger partial charge in [-0.2, -0.15) is 0 Å². The zero-order chi connectivity index (χ0) is 14.5. The Labute approximate surface area is 123 Å². The molecule has 1 heterocycles. The van der Waals surface area contributed by atoms with E-state index in [-0.39, 0.29) is 0 Å². The molecule has 0 amide bonds. The average molecular weight is 276 g/mol. The van der Waals surface area contributed by atoms with E-state index >= 15 is 0 Å². The van der Waals surface area contributed by atoms with Crippen molar-refractivity contribution in [3.05, 3.63) is 72.9 Å². The highest BCUT2D eigenvalue weighted by molar-refractivity contribution is 5.81. The molecule has 0 aliphatic heterocycles. The summed E-state index contributed by atoms with van der Waals surface area (Å²) in [5.41, 5.74) is 6.84. The lowest BCUT2D eigenvalue weighted by Crippen LogP contribution is -2.08. The molecule has 3 aromatic rings. The number of nitrogens with two attached hydrogens (primary N) is 1. The lowest BCUT2D eigenvalue weighted by Gasteiger charge is -2.12. The van der Waals surface area contributed by atoms with Crippen molar-refractivity contribution >= 4 is 17.2 Å². The van der Waals surface area contributed by atoms with Gasteiger partial charge >= 0.3 is 0 Å². The zero-order valence-electron chi connectivity index (χ0n) is 11.5. The molecule has 2 aromatic carbocycles. The average Bonchev–Trinajstić information content (AvgIpc) is 2.56. The summed E-state index contributed by atoms with van der Waals surface area (Å²) in [4.78, 5) is 4.10. The van der Waals surface area contributed by atoms with Crippen LogP contribution in [0.1, 0.15) is 0 Å². The number of hydrogen-bond acceptors (Lipinski definition) is 4. The number of rotatable bonds is 4. The first-order valence-electron chi connectivity index (χ1n) is 6.71. The molecule has 0 saturated carbocycles. The van der Waals surface area contributed by atoms with Crippen molar-refractivity contribution in [3.8, 4) is 11.1 Å². The molecule has 4 nitrogen and oxygen atoms in total. The molecule has 0 aliphatic carbocycles. The minimum Gasteiger partial charge on any atom is -0.355 e. The van der Waals surface area contributed by atoms with Crippen LogP contribution in [-0.2, 0) is 0 Å². The fourth-order valence-electron chi connectivity index (χ4n) is 2.20. The third-order valence-corrected chi connectivity index (χ3v) is 3.20. The van der Waals surface area contributed by atoms with Crippen molar-refractivity contribution in [1.29, 1.82) is 0 Å². The third kappa shape index (κ3) is 3.01. The number of aromatic nitrogens is 1. The first-order valence-corrected chi connectivity index (χ1v) is 6.71. The molecule has 4 heteroatoms. The van der Waals surface area contributed by atoms with E-state index in [0.29, 0.717) is 5.82 Å². The monoisotopic (exact) mass is 276 g/mol. The van der Waals surface area contributed by atoms with E-state index in [1.807, 2.05) is 42.5 Å². The van der Waals surface area contributed by atoms with E-state index in [9.17, 15) is 0 Å². The van der Waals surface area contributed by atoms with E-state index in [2.05, 4.69) is 40.0 Å². The van der Waals surface area contributed by atoms with Crippen molar-refractivity contribution in [2.75, 3.05) is 10.7 Å². The minimum absolute atomic E-state index is 0.622. The van der Waals surface area contributed by atoms with E-state index < -0.39 is 0 Å². The van der Waals surface area contributed by atoms with Crippen LogP contribution in [0.15, 0.2) is 72.9 Å². The van der Waals surface area contributed by atoms with E-state index in [1.165, 1.54) is 5.56 Å². The summed E-state index contributed by atoms with van der Waals surface area (Å²) in [7, 11) is 0. The standard InChI is InChI=1S/C17H16N4/c18-21-17-12-14(10-11-19-17)20-16-9-5-4-8-15(16)13-6-2-1-3-7-13/h1-12H,18H2,(H2,19,20,21). The van der Waals surface area contributed by atoms with Gasteiger partial charge in [0, 0.05) is 29.2 Å². The van der Waals surface area contributed by atoms with Crippen LogP contribution in [-0.4, -0.2) is 4.98 Å². The Morgan fingerprint density at radius 1 is 0.857 bits per heavy atom. The first kappa shape index (κ1) is 13.1. The van der Waals surface area contributed by atoms with Crippen LogP contribution in [0.4, 0.5) is 17.2 Å². The maximum atomic E-state index is 5.39. The Bertz CT molecular complexity index is 726. The highest BCUT2D eigenvalue weighted by Gasteiger charge is 2.04. The normalized spacial score (nSPS) is 10.1. The van der Waals surface area contributed by atoms with Gasteiger partial charge < -0.3 is 10.7 Å². The van der Waals surface area contributed by atoms with Gasteiger partial charge in [0.05, 0.1) is 0 Å². The molecule has 21 heavy (non-hydrogen) atoms. The quantitative estimate of drug-likeness (QED) is 0.501. The van der Waals surface area contributed by atoms with Gasteiger partial charge in [-0.1, -0.05) is 48.5 Å². The SMILES string of the molecule is NNc1cc(Nc2ccccc2-c2ccccc2)ccn1. The van der Waals surface area contributed by atoms with Gasteiger partial charge in [0.25, 0.3) is 0 Å². The van der Waals surface area contributed by atoms with E-state index in [1.54, 1.807) is 6.20 Å². The number of benzene rings is 2. The van der Waals surface area contributed by atoms with Gasteiger partial charge in [-0.05, 0) is 17.7 Å². The minimum atomic E-state index is 0.622. The van der Waals surface area contributed by atoms with Crippen LogP contribution < -0.4 is 16.6 Å². The number of pyridine rings is 1. The molecule has 1 aromatic heterocycles. The van der Waals surface area contributed by atoms with Crippen LogP contribution in [0.3, 0.4) is 0 Å². The molecule has 0 unspecified atom stereocenters. The predicted octanol–water partition coefficient (Wildman–Crippen LogP) is 3.78. The summed E-state index contributed by atoms with van der Waals surface area (Å²) in [6.07, 6.45) is 1.71. The van der Waals surface area contributed by atoms with Gasteiger partial charge in [0.1, 0.15) is 5.82 Å². The van der Waals surface area contributed by atoms with Crippen LogP contribution in [0.5, 0.6) is 0 Å². The summed E-state index contributed by atoms with van der Waals surface area (Å²) in [6, 6.07) is 22.3. The van der Waals surface area contributed by atoms with Crippen LogP contribution in [0.2, 0.25) is 0 Å². The second-order valence-electron chi connectivity index (χ2n) is 4.61. The van der Waals surface area contributed by atoms with Gasteiger partial charge in [0.15, 0.2) is 0 Å². The van der Waals surface area contributed by atoms with Gasteiger partial charge in [-0.15, -0.1) is 0 Å². The van der Waals surface area contributed by atoms with Crippen LogP contribution >= 0.6 is 0 Å². The number of para-hydroxylation sites is 1. The molecule has 3 rings (SSSR count). The Balaban J connectivity index is 1.96. The number of hydrogen-bond donors (Lipinski definition) is 3. The summed E-state index contributed by atoms with van der Waals surface area (Å²) in [5.74, 6) is 6.02. The van der Waals surface area contributed by atoms with Crippen molar-refractivity contribution in [1.82, 2.24) is 4.98 Å². The smallest absolute Gasteiger partial charge is 0.141 e. The number of hydrazine groups is 1. The maximum Gasteiger partial charge on any atom is 0.141 e. The largest absolute Gasteiger partial charge is 0.355 e. The highest BCUT2D eigenvalue weighted by atomic mass is 15.2. The Kier molecular flexibility index (Phi) is 3.80. The number of nitrogens with one attached hydrogen (secondary N) is 2. The molecule has 4 N–H and O–H groups in total. The summed E-state index contributed by atoms with van der Waals surface area (Å²) in [5, 5.41) is 3.41. The second-order valence-corrected chi connectivity index (χ2v) is 4.61. The molecular formula is C17H16N4. The number of nitrogen functional groups attached to an aromatic ring is 1. The first-order chi connectivity index (χ1) is 10.4. The van der Waals surface area contributed by atoms with Crippen molar-refractivity contribution < 1.29 is 0 Å². The van der Waals surface area contributed by atoms with Gasteiger partial charge in [-0.25, -0.2) is 10.8 Å². The van der Waals surface area contributed by atoms with Crippen LogP contribution in [0, 0.1) is 0 Å². The van der Waals surface area contributed by atoms with Crippen molar-refractivity contribution in [3.63, 3.8) is 0 Å². The van der Waals surface area contributed by atoms with Crippen molar-refractivity contribution in [2.24, 2.45) is 5.84 Å². The van der Waals surface area contributed by atoms with Gasteiger partial charge in [-0.3, -0.25) is 0 Å². The van der Waals surface area contributed by atoms with Crippen molar-refractivity contribution in [2.45, 2.75) is 0 Å². The Morgan fingerprint density at radius 2 is 1.62 bits per heavy atom. The number of nitrogens with zero attached hydrogens (tertiary/aromatic N) is 1. The lowest BCUT2D eigenvalue weighted by molar-refractivity contribution is 1.23. The molecule has 104 valence electrons. The topological polar surface area (TPSA) is 63.0 Å². The molecule has 0 bridgehead atoms. The maximum absolute atomic E-state index is 5.39. The molecular weight excluding hydrogens is 260 g/mol.